The van der Waals surface area contributed by atoms with Crippen LogP contribution in [0.2, 0.25) is 0 Å². The van der Waals surface area contributed by atoms with Crippen LogP contribution in [0.25, 0.3) is 0 Å². The molecule has 6 heteroatoms. The molecule has 0 bridgehead atoms. The van der Waals surface area contributed by atoms with E-state index in [1.807, 2.05) is 13.8 Å². The van der Waals surface area contributed by atoms with Gasteiger partial charge >= 0.3 is 0 Å². The molecule has 17 heavy (non-hydrogen) atoms. The van der Waals surface area contributed by atoms with E-state index in [0.717, 1.165) is 36.9 Å². The fourth-order valence-electron chi connectivity index (χ4n) is 1.75. The maximum atomic E-state index is 11.8. The summed E-state index contributed by atoms with van der Waals surface area (Å²) in [6.45, 7) is 7.77. The van der Waals surface area contributed by atoms with Gasteiger partial charge in [0.1, 0.15) is 13.1 Å². The van der Waals surface area contributed by atoms with Crippen LogP contribution in [0.15, 0.2) is 0 Å². The molecule has 2 rings (SSSR count). The Morgan fingerprint density at radius 3 is 2.76 bits per heavy atom. The van der Waals surface area contributed by atoms with Gasteiger partial charge < -0.3 is 9.64 Å². The zero-order valence-electron chi connectivity index (χ0n) is 10.2. The van der Waals surface area contributed by atoms with E-state index in [4.69, 9.17) is 4.74 Å². The van der Waals surface area contributed by atoms with Gasteiger partial charge in [-0.2, -0.15) is 0 Å². The summed E-state index contributed by atoms with van der Waals surface area (Å²) in [5.74, 6) is 0.0376. The van der Waals surface area contributed by atoms with E-state index in [2.05, 4.69) is 10.3 Å². The number of anilines is 1. The third-order valence-corrected chi connectivity index (χ3v) is 3.87. The van der Waals surface area contributed by atoms with Crippen LogP contribution in [-0.4, -0.2) is 43.7 Å². The number of hydrogen-bond donors (Lipinski definition) is 2. The second-order valence-corrected chi connectivity index (χ2v) is 5.45. The number of carbonyl (C=O) groups is 1. The summed E-state index contributed by atoms with van der Waals surface area (Å²) >= 11 is 1.53. The van der Waals surface area contributed by atoms with Gasteiger partial charge in [-0.1, -0.05) is 0 Å². The highest BCUT2D eigenvalue weighted by Crippen LogP contribution is 2.20. The number of aromatic nitrogens is 1. The largest absolute Gasteiger partial charge is 0.370 e. The van der Waals surface area contributed by atoms with Crippen LogP contribution in [0.1, 0.15) is 10.6 Å². The van der Waals surface area contributed by atoms with Crippen LogP contribution in [-0.2, 0) is 9.53 Å². The average Bonchev–Trinajstić information content (AvgIpc) is 2.59. The predicted molar refractivity (Wildman–Crippen MR) is 66.6 cm³/mol. The Labute approximate surface area is 105 Å². The molecule has 1 saturated heterocycles. The number of ether oxygens (including phenoxy) is 1. The summed E-state index contributed by atoms with van der Waals surface area (Å²) in [5, 5.41) is 3.56. The first-order chi connectivity index (χ1) is 8.15. The molecule has 1 aromatic rings. The van der Waals surface area contributed by atoms with Crippen LogP contribution >= 0.6 is 11.3 Å². The highest BCUT2D eigenvalue weighted by molar-refractivity contribution is 7.15. The number of aryl methyl sites for hydroxylation is 2. The molecule has 1 amide bonds. The molecule has 1 aliphatic rings. The van der Waals surface area contributed by atoms with Gasteiger partial charge in [-0.25, -0.2) is 4.98 Å². The van der Waals surface area contributed by atoms with Crippen LogP contribution < -0.4 is 10.2 Å². The summed E-state index contributed by atoms with van der Waals surface area (Å²) in [6, 6.07) is 0. The first-order valence-electron chi connectivity index (χ1n) is 5.80. The highest BCUT2D eigenvalue weighted by atomic mass is 32.1. The maximum Gasteiger partial charge on any atom is 0.281 e. The van der Waals surface area contributed by atoms with Crippen molar-refractivity contribution in [2.45, 2.75) is 13.8 Å². The number of morpholine rings is 1. The zero-order valence-corrected chi connectivity index (χ0v) is 11.0. The molecule has 0 aliphatic carbocycles. The van der Waals surface area contributed by atoms with E-state index in [9.17, 15) is 4.79 Å². The number of thiazole rings is 1. The SMILES string of the molecule is Cc1nc(NC(=O)C[NH+]2CCOCC2)sc1C. The van der Waals surface area contributed by atoms with Crippen molar-refractivity contribution in [3.8, 4) is 0 Å². The number of quaternary nitrogens is 1. The van der Waals surface area contributed by atoms with Gasteiger partial charge in [-0.05, 0) is 13.8 Å². The topological polar surface area (TPSA) is 55.7 Å². The summed E-state index contributed by atoms with van der Waals surface area (Å²) in [4.78, 5) is 18.5. The first kappa shape index (κ1) is 12.5. The van der Waals surface area contributed by atoms with Gasteiger partial charge in [0.05, 0.1) is 18.9 Å². The Kier molecular flexibility index (Phi) is 4.09. The number of nitrogens with zero attached hydrogens (tertiary/aromatic N) is 1. The minimum atomic E-state index is 0.0376. The van der Waals surface area contributed by atoms with E-state index < -0.39 is 0 Å². The molecular formula is C11H18N3O2S+. The highest BCUT2D eigenvalue weighted by Gasteiger charge is 2.18. The molecule has 5 nitrogen and oxygen atoms in total. The second-order valence-electron chi connectivity index (χ2n) is 4.25. The van der Waals surface area contributed by atoms with Crippen molar-refractivity contribution in [3.63, 3.8) is 0 Å². The van der Waals surface area contributed by atoms with Crippen molar-refractivity contribution >= 4 is 22.4 Å². The van der Waals surface area contributed by atoms with E-state index >= 15 is 0 Å². The van der Waals surface area contributed by atoms with E-state index in [1.54, 1.807) is 0 Å². The van der Waals surface area contributed by atoms with Crippen LogP contribution in [0.4, 0.5) is 5.13 Å². The number of nitrogens with one attached hydrogen (secondary N) is 2. The van der Waals surface area contributed by atoms with Crippen molar-refractivity contribution < 1.29 is 14.4 Å². The van der Waals surface area contributed by atoms with Gasteiger partial charge in [0.2, 0.25) is 0 Å². The van der Waals surface area contributed by atoms with Gasteiger partial charge in [0.25, 0.3) is 5.91 Å². The fraction of sp³-hybridized carbons (Fsp3) is 0.636. The summed E-state index contributed by atoms with van der Waals surface area (Å²) in [5.41, 5.74) is 0.990. The summed E-state index contributed by atoms with van der Waals surface area (Å²) in [6.07, 6.45) is 0. The predicted octanol–water partition coefficient (Wildman–Crippen LogP) is -0.386. The molecule has 2 heterocycles. The summed E-state index contributed by atoms with van der Waals surface area (Å²) in [7, 11) is 0. The third kappa shape index (κ3) is 3.49. The normalized spacial score (nSPS) is 17.1. The van der Waals surface area contributed by atoms with Crippen LogP contribution in [0.3, 0.4) is 0 Å². The van der Waals surface area contributed by atoms with Crippen LogP contribution in [0.5, 0.6) is 0 Å². The van der Waals surface area contributed by atoms with Crippen molar-refractivity contribution in [2.75, 3.05) is 38.2 Å². The van der Waals surface area contributed by atoms with Gasteiger partial charge in [0.15, 0.2) is 11.7 Å². The smallest absolute Gasteiger partial charge is 0.281 e. The third-order valence-electron chi connectivity index (χ3n) is 2.89. The monoisotopic (exact) mass is 256 g/mol. The minimum absolute atomic E-state index is 0.0376. The Morgan fingerprint density at radius 2 is 2.18 bits per heavy atom. The van der Waals surface area contributed by atoms with Gasteiger partial charge in [0, 0.05) is 4.88 Å². The molecule has 0 aromatic carbocycles. The van der Waals surface area contributed by atoms with Crippen LogP contribution in [0, 0.1) is 13.8 Å². The quantitative estimate of drug-likeness (QED) is 0.775. The standard InChI is InChI=1S/C11H17N3O2S/c1-8-9(2)17-11(12-8)13-10(15)7-14-3-5-16-6-4-14/h3-7H2,1-2H3,(H,12,13,15)/p+1. The van der Waals surface area contributed by atoms with Crippen molar-refractivity contribution in [3.05, 3.63) is 10.6 Å². The minimum Gasteiger partial charge on any atom is -0.370 e. The molecule has 0 spiro atoms. The Bertz CT molecular complexity index is 380. The molecule has 2 N–H and O–H groups in total. The number of hydrogen-bond acceptors (Lipinski definition) is 4. The molecule has 94 valence electrons. The van der Waals surface area contributed by atoms with E-state index in [-0.39, 0.29) is 5.91 Å². The fourth-order valence-corrected chi connectivity index (χ4v) is 2.58. The Hall–Kier alpha value is -0.980. The lowest BCUT2D eigenvalue weighted by atomic mass is 10.4. The number of rotatable bonds is 3. The van der Waals surface area contributed by atoms with Gasteiger partial charge in [-0.15, -0.1) is 11.3 Å². The molecule has 0 saturated carbocycles. The Morgan fingerprint density at radius 1 is 1.47 bits per heavy atom. The summed E-state index contributed by atoms with van der Waals surface area (Å²) < 4.78 is 5.26. The molecule has 0 unspecified atom stereocenters. The lowest BCUT2D eigenvalue weighted by molar-refractivity contribution is -0.899. The number of amides is 1. The second kappa shape index (κ2) is 5.57. The van der Waals surface area contributed by atoms with Crippen molar-refractivity contribution in [2.24, 2.45) is 0 Å². The van der Waals surface area contributed by atoms with Crippen molar-refractivity contribution in [1.29, 1.82) is 0 Å². The molecule has 1 aliphatic heterocycles. The van der Waals surface area contributed by atoms with E-state index in [1.165, 1.54) is 16.2 Å². The van der Waals surface area contributed by atoms with Gasteiger partial charge in [-0.3, -0.25) is 10.1 Å². The molecule has 1 fully saturated rings. The average molecular weight is 256 g/mol. The molecular weight excluding hydrogens is 238 g/mol. The maximum absolute atomic E-state index is 11.8. The molecule has 1 aromatic heterocycles. The Balaban J connectivity index is 1.84. The lowest BCUT2D eigenvalue weighted by Gasteiger charge is -2.22. The zero-order chi connectivity index (χ0) is 12.3. The number of carbonyl (C=O) groups excluding carboxylic acids is 1. The lowest BCUT2D eigenvalue weighted by Crippen LogP contribution is -3.15. The molecule has 0 atom stereocenters. The molecule has 0 radical (unpaired) electrons. The van der Waals surface area contributed by atoms with E-state index in [0.29, 0.717) is 11.7 Å². The van der Waals surface area contributed by atoms with Crippen molar-refractivity contribution in [1.82, 2.24) is 4.98 Å². The first-order valence-corrected chi connectivity index (χ1v) is 6.62.